The first kappa shape index (κ1) is 30.8. The number of fused-ring (bicyclic) bond motifs is 1. The van der Waals surface area contributed by atoms with E-state index >= 15 is 0 Å². The van der Waals surface area contributed by atoms with Crippen molar-refractivity contribution in [1.29, 1.82) is 0 Å². The molecule has 0 radical (unpaired) electrons. The Bertz CT molecular complexity index is 1710. The van der Waals surface area contributed by atoms with Crippen LogP contribution in [0.25, 0.3) is 33.4 Å². The number of H-pyrrole nitrogens is 2. The smallest absolute Gasteiger partial charge is 0.251 e. The van der Waals surface area contributed by atoms with Crippen LogP contribution >= 0.6 is 12.4 Å². The summed E-state index contributed by atoms with van der Waals surface area (Å²) < 4.78 is 0. The Morgan fingerprint density at radius 2 is 1.64 bits per heavy atom. The SMILES string of the molecule is Cl.NCC1CCC(C(=O)N(C(=O)[C@@H](N)Cc2ccc(-c3cccc4[nH]nc(N)c34)cc2)c2ccc(-c3nn[nH]n3)cc2)CC1. The van der Waals surface area contributed by atoms with Crippen LogP contribution in [0.4, 0.5) is 11.5 Å². The lowest BCUT2D eigenvalue weighted by Crippen LogP contribution is -2.50. The highest BCUT2D eigenvalue weighted by Gasteiger charge is 2.35. The number of nitrogens with one attached hydrogen (secondary N) is 2. The molecular weight excluding hydrogens is 580 g/mol. The second kappa shape index (κ2) is 13.3. The summed E-state index contributed by atoms with van der Waals surface area (Å²) in [6, 6.07) is 19.7. The molecule has 0 spiro atoms. The third kappa shape index (κ3) is 6.18. The summed E-state index contributed by atoms with van der Waals surface area (Å²) in [4.78, 5) is 29.0. The number of aromatic nitrogens is 6. The Labute approximate surface area is 260 Å². The van der Waals surface area contributed by atoms with E-state index in [9.17, 15) is 9.59 Å². The summed E-state index contributed by atoms with van der Waals surface area (Å²) in [5.41, 5.74) is 23.3. The quantitative estimate of drug-likeness (QED) is 0.173. The number of tetrazole rings is 1. The molecule has 0 unspecified atom stereocenters. The van der Waals surface area contributed by atoms with Gasteiger partial charge in [0.1, 0.15) is 0 Å². The third-order valence-electron chi connectivity index (χ3n) is 8.35. The van der Waals surface area contributed by atoms with Crippen LogP contribution in [-0.4, -0.2) is 55.2 Å². The van der Waals surface area contributed by atoms with Gasteiger partial charge in [-0.05, 0) is 96.8 Å². The van der Waals surface area contributed by atoms with Crippen LogP contribution in [-0.2, 0) is 16.0 Å². The van der Waals surface area contributed by atoms with E-state index in [1.54, 1.807) is 24.3 Å². The van der Waals surface area contributed by atoms with Crippen molar-refractivity contribution in [2.45, 2.75) is 38.1 Å². The Balaban J connectivity index is 0.00000384. The summed E-state index contributed by atoms with van der Waals surface area (Å²) in [6.45, 7) is 0.607. The molecule has 5 aromatic rings. The maximum absolute atomic E-state index is 13.9. The van der Waals surface area contributed by atoms with Crippen LogP contribution in [0.2, 0.25) is 0 Å². The Morgan fingerprint density at radius 3 is 2.30 bits per heavy atom. The highest BCUT2D eigenvalue weighted by atomic mass is 35.5. The van der Waals surface area contributed by atoms with E-state index in [2.05, 4.69) is 30.8 Å². The van der Waals surface area contributed by atoms with Gasteiger partial charge in [0.25, 0.3) is 5.91 Å². The number of hydrogen-bond donors (Lipinski definition) is 5. The van der Waals surface area contributed by atoms with E-state index in [0.717, 1.165) is 40.4 Å². The Kier molecular flexibility index (Phi) is 9.33. The number of imide groups is 1. The molecule has 8 N–H and O–H groups in total. The van der Waals surface area contributed by atoms with Gasteiger partial charge in [0.05, 0.1) is 22.6 Å². The van der Waals surface area contributed by atoms with Crippen molar-refractivity contribution in [3.63, 3.8) is 0 Å². The van der Waals surface area contributed by atoms with Crippen LogP contribution in [0.5, 0.6) is 0 Å². The van der Waals surface area contributed by atoms with Gasteiger partial charge in [0.2, 0.25) is 11.7 Å². The normalized spacial score (nSPS) is 17.1. The molecule has 1 atom stereocenters. The lowest BCUT2D eigenvalue weighted by molar-refractivity contribution is -0.130. The zero-order valence-corrected chi connectivity index (χ0v) is 24.8. The van der Waals surface area contributed by atoms with Crippen molar-refractivity contribution in [1.82, 2.24) is 30.8 Å². The number of benzene rings is 3. The van der Waals surface area contributed by atoms with Gasteiger partial charge in [0.15, 0.2) is 5.82 Å². The number of halogens is 1. The van der Waals surface area contributed by atoms with Gasteiger partial charge < -0.3 is 17.2 Å². The topological polar surface area (TPSA) is 199 Å². The summed E-state index contributed by atoms with van der Waals surface area (Å²) in [6.07, 6.45) is 3.37. The first-order valence-corrected chi connectivity index (χ1v) is 14.4. The van der Waals surface area contributed by atoms with Gasteiger partial charge >= 0.3 is 0 Å². The number of nitrogens with zero attached hydrogens (tertiary/aromatic N) is 5. The number of anilines is 2. The monoisotopic (exact) mass is 614 g/mol. The highest BCUT2D eigenvalue weighted by molar-refractivity contribution is 6.17. The molecule has 1 aliphatic rings. The van der Waals surface area contributed by atoms with Crippen molar-refractivity contribution in [3.05, 3.63) is 72.3 Å². The van der Waals surface area contributed by atoms with E-state index in [0.29, 0.717) is 48.2 Å². The number of nitrogens with two attached hydrogens (primary N) is 3. The van der Waals surface area contributed by atoms with Gasteiger partial charge in [-0.25, -0.2) is 4.90 Å². The first-order chi connectivity index (χ1) is 20.9. The van der Waals surface area contributed by atoms with Crippen LogP contribution in [0.3, 0.4) is 0 Å². The van der Waals surface area contributed by atoms with E-state index in [4.69, 9.17) is 17.2 Å². The van der Waals surface area contributed by atoms with Gasteiger partial charge in [-0.15, -0.1) is 22.6 Å². The molecular formula is C31H35ClN10O2. The number of carbonyl (C=O) groups is 2. The summed E-state index contributed by atoms with van der Waals surface area (Å²) in [7, 11) is 0. The van der Waals surface area contributed by atoms with Gasteiger partial charge in [-0.1, -0.05) is 36.4 Å². The summed E-state index contributed by atoms with van der Waals surface area (Å²) in [5, 5.41) is 22.0. The Morgan fingerprint density at radius 1 is 0.932 bits per heavy atom. The molecule has 44 heavy (non-hydrogen) atoms. The van der Waals surface area contributed by atoms with E-state index < -0.39 is 11.9 Å². The number of nitrogen functional groups attached to an aromatic ring is 1. The molecule has 1 fully saturated rings. The number of aromatic amines is 2. The molecule has 1 aliphatic carbocycles. The minimum absolute atomic E-state index is 0. The molecule has 0 aliphatic heterocycles. The second-order valence-electron chi connectivity index (χ2n) is 11.1. The molecule has 2 amide bonds. The van der Waals surface area contributed by atoms with Crippen LogP contribution in [0.15, 0.2) is 66.7 Å². The zero-order valence-electron chi connectivity index (χ0n) is 24.0. The standard InChI is InChI=1S/C31H34N10O2.ClH/c32-17-19-6-10-22(11-7-19)30(42)41(23-14-12-21(13-15-23)29-37-39-40-38-29)31(43)25(33)16-18-4-8-20(9-5-18)24-2-1-3-26-27(24)28(34)36-35-26;/h1-5,8-9,12-15,19,22,25H,6-7,10-11,16-17,32-33H2,(H3,34,35,36)(H,37,38,39,40);1H/t19?,22?,25-;/m0./s1. The van der Waals surface area contributed by atoms with Crippen LogP contribution < -0.4 is 22.1 Å². The second-order valence-corrected chi connectivity index (χ2v) is 11.1. The van der Waals surface area contributed by atoms with Gasteiger partial charge in [-0.2, -0.15) is 10.3 Å². The predicted molar refractivity (Wildman–Crippen MR) is 171 cm³/mol. The number of carbonyl (C=O) groups excluding carboxylic acids is 2. The molecule has 2 aromatic heterocycles. The number of amides is 2. The molecule has 2 heterocycles. The third-order valence-corrected chi connectivity index (χ3v) is 8.35. The van der Waals surface area contributed by atoms with Gasteiger partial charge in [0, 0.05) is 11.5 Å². The molecule has 12 nitrogen and oxygen atoms in total. The lowest BCUT2D eigenvalue weighted by atomic mass is 9.81. The fraction of sp³-hybridized carbons (Fsp3) is 0.290. The maximum Gasteiger partial charge on any atom is 0.251 e. The van der Waals surface area contributed by atoms with E-state index in [-0.39, 0.29) is 30.7 Å². The van der Waals surface area contributed by atoms with Crippen molar-refractivity contribution in [2.75, 3.05) is 17.2 Å². The van der Waals surface area contributed by atoms with Gasteiger partial charge in [-0.3, -0.25) is 14.7 Å². The fourth-order valence-electron chi connectivity index (χ4n) is 5.90. The zero-order chi connectivity index (χ0) is 29.9. The Hall–Kier alpha value is -4.65. The van der Waals surface area contributed by atoms with Crippen LogP contribution in [0.1, 0.15) is 31.2 Å². The largest absolute Gasteiger partial charge is 0.382 e. The minimum atomic E-state index is -0.931. The first-order valence-electron chi connectivity index (χ1n) is 14.4. The van der Waals surface area contributed by atoms with Crippen molar-refractivity contribution in [2.24, 2.45) is 23.3 Å². The van der Waals surface area contributed by atoms with Crippen molar-refractivity contribution in [3.8, 4) is 22.5 Å². The fourth-order valence-corrected chi connectivity index (χ4v) is 5.90. The molecule has 6 rings (SSSR count). The molecule has 3 aromatic carbocycles. The molecule has 0 saturated heterocycles. The maximum atomic E-state index is 13.9. The average Bonchev–Trinajstić information content (AvgIpc) is 3.72. The highest BCUT2D eigenvalue weighted by Crippen LogP contribution is 2.33. The van der Waals surface area contributed by atoms with E-state index in [1.165, 1.54) is 4.90 Å². The molecule has 0 bridgehead atoms. The predicted octanol–water partition coefficient (Wildman–Crippen LogP) is 3.61. The molecule has 13 heteroatoms. The number of hydrogen-bond acceptors (Lipinski definition) is 9. The lowest BCUT2D eigenvalue weighted by Gasteiger charge is -2.32. The minimum Gasteiger partial charge on any atom is -0.382 e. The summed E-state index contributed by atoms with van der Waals surface area (Å²) >= 11 is 0. The van der Waals surface area contributed by atoms with E-state index in [1.807, 2.05) is 42.5 Å². The van der Waals surface area contributed by atoms with Crippen LogP contribution in [0, 0.1) is 11.8 Å². The van der Waals surface area contributed by atoms with Crippen molar-refractivity contribution < 1.29 is 9.59 Å². The van der Waals surface area contributed by atoms with Crippen molar-refractivity contribution >= 4 is 46.6 Å². The summed E-state index contributed by atoms with van der Waals surface area (Å²) in [5.74, 6) is 0.317. The molecule has 1 saturated carbocycles. The average molecular weight is 615 g/mol. The molecule has 228 valence electrons. The number of rotatable bonds is 8.